The average Bonchev–Trinajstić information content (AvgIpc) is 3.26. The second-order valence-corrected chi connectivity index (χ2v) is 8.72. The zero-order valence-corrected chi connectivity index (χ0v) is 18.6. The second kappa shape index (κ2) is 8.67. The van der Waals surface area contributed by atoms with Crippen LogP contribution in [0.3, 0.4) is 0 Å². The van der Waals surface area contributed by atoms with E-state index in [2.05, 4.69) is 62.7 Å². The Bertz CT molecular complexity index is 1290. The summed E-state index contributed by atoms with van der Waals surface area (Å²) in [7, 11) is 0. The number of aromatic nitrogens is 5. The molecule has 5 rings (SSSR count). The normalized spacial score (nSPS) is 15.8. The van der Waals surface area contributed by atoms with Gasteiger partial charge in [-0.05, 0) is 73.0 Å². The minimum Gasteiger partial charge on any atom is -0.321 e. The van der Waals surface area contributed by atoms with Gasteiger partial charge >= 0.3 is 0 Å². The number of benzene rings is 2. The minimum atomic E-state index is -0.290. The molecule has 164 valence electrons. The number of H-pyrrole nitrogens is 1. The first-order chi connectivity index (χ1) is 15.6. The Balaban J connectivity index is 1.65. The Hall–Kier alpha value is -3.32. The van der Waals surface area contributed by atoms with Crippen molar-refractivity contribution < 1.29 is 0 Å². The molecule has 2 aromatic carbocycles. The molecule has 1 fully saturated rings. The van der Waals surface area contributed by atoms with Gasteiger partial charge in [0.05, 0.1) is 12.1 Å². The molecule has 1 aliphatic heterocycles. The van der Waals surface area contributed by atoms with Crippen LogP contribution in [0.2, 0.25) is 0 Å². The first-order valence-electron chi connectivity index (χ1n) is 11.3. The van der Waals surface area contributed by atoms with E-state index in [1.807, 2.05) is 29.8 Å². The van der Waals surface area contributed by atoms with Crippen molar-refractivity contribution in [2.45, 2.75) is 45.7 Å². The fraction of sp³-hybridized carbons (Fsp3) is 0.360. The van der Waals surface area contributed by atoms with Gasteiger partial charge < -0.3 is 4.98 Å². The van der Waals surface area contributed by atoms with E-state index in [9.17, 15) is 4.79 Å². The maximum atomic E-state index is 13.4. The number of pyridine rings is 1. The molecule has 0 saturated carbocycles. The van der Waals surface area contributed by atoms with Gasteiger partial charge in [0.1, 0.15) is 6.04 Å². The van der Waals surface area contributed by atoms with Crippen molar-refractivity contribution in [1.29, 1.82) is 0 Å². The molecule has 2 aromatic heterocycles. The second-order valence-electron chi connectivity index (χ2n) is 8.72. The van der Waals surface area contributed by atoms with Crippen molar-refractivity contribution in [3.8, 4) is 0 Å². The highest BCUT2D eigenvalue weighted by Crippen LogP contribution is 2.30. The fourth-order valence-corrected chi connectivity index (χ4v) is 4.75. The van der Waals surface area contributed by atoms with Gasteiger partial charge in [0.15, 0.2) is 5.82 Å². The lowest BCUT2D eigenvalue weighted by Gasteiger charge is -2.33. The number of likely N-dealkylation sites (tertiary alicyclic amines) is 1. The highest BCUT2D eigenvalue weighted by Gasteiger charge is 2.31. The summed E-state index contributed by atoms with van der Waals surface area (Å²) in [5.74, 6) is 0.714. The van der Waals surface area contributed by atoms with E-state index >= 15 is 0 Å². The Kier molecular flexibility index (Phi) is 5.57. The van der Waals surface area contributed by atoms with Crippen molar-refractivity contribution in [3.63, 3.8) is 0 Å². The van der Waals surface area contributed by atoms with Crippen LogP contribution in [0.1, 0.15) is 53.4 Å². The SMILES string of the molecule is Cc1ccc(C)c2[nH]c(=O)c(C(c3nnnn3Cc3ccccc3)N3CCCCC3)cc12. The van der Waals surface area contributed by atoms with Crippen LogP contribution in [0.15, 0.2) is 53.3 Å². The summed E-state index contributed by atoms with van der Waals surface area (Å²) in [5, 5.41) is 13.8. The van der Waals surface area contributed by atoms with Crippen LogP contribution in [0.25, 0.3) is 10.9 Å². The molecular formula is C25H28N6O. The number of rotatable bonds is 5. The average molecular weight is 429 g/mol. The molecule has 0 bridgehead atoms. The van der Waals surface area contributed by atoms with Crippen LogP contribution in [0, 0.1) is 13.8 Å². The molecule has 4 aromatic rings. The third-order valence-corrected chi connectivity index (χ3v) is 6.50. The van der Waals surface area contributed by atoms with Gasteiger partial charge in [0.2, 0.25) is 0 Å². The van der Waals surface area contributed by atoms with Gasteiger partial charge in [-0.3, -0.25) is 9.69 Å². The van der Waals surface area contributed by atoms with Gasteiger partial charge in [-0.1, -0.05) is 48.9 Å². The molecule has 0 radical (unpaired) electrons. The Labute approximate surface area is 187 Å². The zero-order chi connectivity index (χ0) is 22.1. The van der Waals surface area contributed by atoms with Crippen LogP contribution in [-0.4, -0.2) is 43.2 Å². The summed E-state index contributed by atoms with van der Waals surface area (Å²) in [4.78, 5) is 18.9. The van der Waals surface area contributed by atoms with Crippen molar-refractivity contribution in [3.05, 3.63) is 87.0 Å². The summed E-state index contributed by atoms with van der Waals surface area (Å²) in [6, 6.07) is 16.1. The van der Waals surface area contributed by atoms with Crippen LogP contribution < -0.4 is 5.56 Å². The molecule has 1 saturated heterocycles. The first-order valence-corrected chi connectivity index (χ1v) is 11.3. The van der Waals surface area contributed by atoms with Gasteiger partial charge in [-0.2, -0.15) is 0 Å². The molecule has 7 nitrogen and oxygen atoms in total. The monoisotopic (exact) mass is 428 g/mol. The van der Waals surface area contributed by atoms with Crippen LogP contribution >= 0.6 is 0 Å². The predicted molar refractivity (Wildman–Crippen MR) is 125 cm³/mol. The number of nitrogens with zero attached hydrogens (tertiary/aromatic N) is 5. The van der Waals surface area contributed by atoms with E-state index in [0.29, 0.717) is 17.9 Å². The van der Waals surface area contributed by atoms with E-state index in [0.717, 1.165) is 53.5 Å². The van der Waals surface area contributed by atoms with Crippen molar-refractivity contribution >= 4 is 10.9 Å². The molecule has 1 unspecified atom stereocenters. The Morgan fingerprint density at radius 3 is 2.53 bits per heavy atom. The molecule has 7 heteroatoms. The molecule has 0 amide bonds. The third-order valence-electron chi connectivity index (χ3n) is 6.50. The number of hydrogen-bond acceptors (Lipinski definition) is 5. The van der Waals surface area contributed by atoms with Gasteiger partial charge in [0.25, 0.3) is 5.56 Å². The summed E-state index contributed by atoms with van der Waals surface area (Å²) in [6.45, 7) is 6.52. The smallest absolute Gasteiger partial charge is 0.253 e. The highest BCUT2D eigenvalue weighted by molar-refractivity contribution is 5.85. The van der Waals surface area contributed by atoms with E-state index in [-0.39, 0.29) is 11.6 Å². The number of fused-ring (bicyclic) bond motifs is 1. The number of tetrazole rings is 1. The first kappa shape index (κ1) is 20.6. The lowest BCUT2D eigenvalue weighted by molar-refractivity contribution is 0.177. The Morgan fingerprint density at radius 1 is 1.00 bits per heavy atom. The van der Waals surface area contributed by atoms with E-state index < -0.39 is 0 Å². The summed E-state index contributed by atoms with van der Waals surface area (Å²) < 4.78 is 1.83. The summed E-state index contributed by atoms with van der Waals surface area (Å²) in [6.07, 6.45) is 3.44. The zero-order valence-electron chi connectivity index (χ0n) is 18.6. The molecule has 0 aliphatic carbocycles. The largest absolute Gasteiger partial charge is 0.321 e. The number of aryl methyl sites for hydroxylation is 2. The lowest BCUT2D eigenvalue weighted by atomic mass is 9.98. The number of piperidine rings is 1. The van der Waals surface area contributed by atoms with Crippen molar-refractivity contribution in [1.82, 2.24) is 30.1 Å². The fourth-order valence-electron chi connectivity index (χ4n) is 4.75. The summed E-state index contributed by atoms with van der Waals surface area (Å²) >= 11 is 0. The van der Waals surface area contributed by atoms with Crippen molar-refractivity contribution in [2.24, 2.45) is 0 Å². The molecule has 1 atom stereocenters. The van der Waals surface area contributed by atoms with Crippen LogP contribution in [0.5, 0.6) is 0 Å². The molecule has 3 heterocycles. The van der Waals surface area contributed by atoms with E-state index in [1.54, 1.807) is 0 Å². The molecule has 1 N–H and O–H groups in total. The minimum absolute atomic E-state index is 0.0731. The molecular weight excluding hydrogens is 400 g/mol. The third kappa shape index (κ3) is 3.84. The molecule has 32 heavy (non-hydrogen) atoms. The van der Waals surface area contributed by atoms with E-state index in [4.69, 9.17) is 0 Å². The van der Waals surface area contributed by atoms with Gasteiger partial charge in [-0.25, -0.2) is 4.68 Å². The number of nitrogens with one attached hydrogen (secondary N) is 1. The van der Waals surface area contributed by atoms with E-state index in [1.165, 1.54) is 6.42 Å². The van der Waals surface area contributed by atoms with Gasteiger partial charge in [0, 0.05) is 10.9 Å². The Morgan fingerprint density at radius 2 is 1.75 bits per heavy atom. The lowest BCUT2D eigenvalue weighted by Crippen LogP contribution is -2.38. The van der Waals surface area contributed by atoms with Crippen molar-refractivity contribution in [2.75, 3.05) is 13.1 Å². The predicted octanol–water partition coefficient (Wildman–Crippen LogP) is 3.76. The molecule has 0 spiro atoms. The van der Waals surface area contributed by atoms with Crippen LogP contribution in [-0.2, 0) is 6.54 Å². The quantitative estimate of drug-likeness (QED) is 0.524. The van der Waals surface area contributed by atoms with Crippen LogP contribution in [0.4, 0.5) is 0 Å². The maximum Gasteiger partial charge on any atom is 0.253 e. The maximum absolute atomic E-state index is 13.4. The summed E-state index contributed by atoms with van der Waals surface area (Å²) in [5.41, 5.74) is 4.87. The molecule has 1 aliphatic rings. The highest BCUT2D eigenvalue weighted by atomic mass is 16.1. The standard InChI is InChI=1S/C25H28N6O/c1-17-11-12-18(2)22-20(17)15-21(25(32)26-22)23(30-13-7-4-8-14-30)24-27-28-29-31(24)16-19-9-5-3-6-10-19/h3,5-6,9-12,15,23H,4,7-8,13-14,16H2,1-2H3,(H,26,32). The van der Waals surface area contributed by atoms with Gasteiger partial charge in [-0.15, -0.1) is 5.10 Å². The number of aromatic amines is 1. The number of hydrogen-bond donors (Lipinski definition) is 1. The topological polar surface area (TPSA) is 79.7 Å².